The Morgan fingerprint density at radius 2 is 1.66 bits per heavy atom. The Hall–Kier alpha value is -3.49. The van der Waals surface area contributed by atoms with Crippen molar-refractivity contribution in [3.05, 3.63) is 84.4 Å². The molecule has 35 heavy (non-hydrogen) atoms. The maximum Gasteiger partial charge on any atom is 0.243 e. The lowest BCUT2D eigenvalue weighted by Gasteiger charge is -2.31. The van der Waals surface area contributed by atoms with Crippen molar-refractivity contribution in [2.45, 2.75) is 30.7 Å². The molecule has 5 rings (SSSR count). The van der Waals surface area contributed by atoms with Crippen LogP contribution in [-0.2, 0) is 14.8 Å². The van der Waals surface area contributed by atoms with Crippen LogP contribution < -0.4 is 5.32 Å². The van der Waals surface area contributed by atoms with E-state index >= 15 is 0 Å². The number of nitrogens with zero attached hydrogens (tertiary/aromatic N) is 2. The predicted octanol–water partition coefficient (Wildman–Crippen LogP) is 4.51. The van der Waals surface area contributed by atoms with E-state index in [1.54, 1.807) is 18.2 Å². The first kappa shape index (κ1) is 23.3. The van der Waals surface area contributed by atoms with E-state index in [4.69, 9.17) is 0 Å². The van der Waals surface area contributed by atoms with E-state index in [1.165, 1.54) is 4.31 Å². The number of H-pyrrole nitrogens is 1. The molecule has 4 aromatic rings. The Balaban J connectivity index is 1.25. The van der Waals surface area contributed by atoms with Crippen LogP contribution in [0.25, 0.3) is 22.4 Å². The second-order valence-corrected chi connectivity index (χ2v) is 10.9. The molecular weight excluding hydrogens is 460 g/mol. The standard InChI is InChI=1S/C27H28N4O3S/c1-19(20-8-4-2-5-9-20)28-27(32)22-14-16-31(17-15-22)35(33,34)23-12-13-24-25(18-23)30-26(29-24)21-10-6-3-7-11-21/h2-13,18-19,22H,14-17H2,1H3,(H,28,32)(H,29,30). The van der Waals surface area contributed by atoms with E-state index in [0.717, 1.165) is 11.1 Å². The Morgan fingerprint density at radius 1 is 1.00 bits per heavy atom. The van der Waals surface area contributed by atoms with Gasteiger partial charge in [-0.05, 0) is 43.5 Å². The molecule has 1 fully saturated rings. The molecule has 180 valence electrons. The van der Waals surface area contributed by atoms with E-state index in [-0.39, 0.29) is 22.8 Å². The van der Waals surface area contributed by atoms with Crippen LogP contribution >= 0.6 is 0 Å². The number of carbonyl (C=O) groups excluding carboxylic acids is 1. The number of hydrogen-bond donors (Lipinski definition) is 2. The molecule has 0 spiro atoms. The summed E-state index contributed by atoms with van der Waals surface area (Å²) in [6, 6.07) is 24.4. The smallest absolute Gasteiger partial charge is 0.243 e. The van der Waals surface area contributed by atoms with Crippen molar-refractivity contribution in [1.82, 2.24) is 19.6 Å². The monoisotopic (exact) mass is 488 g/mol. The highest BCUT2D eigenvalue weighted by Gasteiger charge is 2.32. The zero-order valence-electron chi connectivity index (χ0n) is 19.5. The summed E-state index contributed by atoms with van der Waals surface area (Å²) in [5, 5.41) is 3.07. The molecule has 2 heterocycles. The summed E-state index contributed by atoms with van der Waals surface area (Å²) < 4.78 is 28.2. The van der Waals surface area contributed by atoms with Crippen LogP contribution in [0.2, 0.25) is 0 Å². The molecule has 1 saturated heterocycles. The first-order chi connectivity index (χ1) is 16.9. The summed E-state index contributed by atoms with van der Waals surface area (Å²) in [4.78, 5) is 20.8. The summed E-state index contributed by atoms with van der Waals surface area (Å²) in [6.07, 6.45) is 0.994. The quantitative estimate of drug-likeness (QED) is 0.418. The lowest BCUT2D eigenvalue weighted by Crippen LogP contribution is -2.43. The molecule has 0 aliphatic carbocycles. The van der Waals surface area contributed by atoms with Crippen LogP contribution in [0.1, 0.15) is 31.4 Å². The highest BCUT2D eigenvalue weighted by Crippen LogP contribution is 2.27. The minimum atomic E-state index is -3.67. The zero-order valence-corrected chi connectivity index (χ0v) is 20.3. The molecule has 0 bridgehead atoms. The fourth-order valence-electron chi connectivity index (χ4n) is 4.55. The molecular formula is C27H28N4O3S. The van der Waals surface area contributed by atoms with Crippen molar-refractivity contribution in [3.63, 3.8) is 0 Å². The van der Waals surface area contributed by atoms with Crippen LogP contribution in [0.3, 0.4) is 0 Å². The van der Waals surface area contributed by atoms with Gasteiger partial charge in [-0.25, -0.2) is 13.4 Å². The number of aromatic nitrogens is 2. The van der Waals surface area contributed by atoms with Gasteiger partial charge in [0, 0.05) is 24.6 Å². The van der Waals surface area contributed by atoms with Gasteiger partial charge < -0.3 is 10.3 Å². The van der Waals surface area contributed by atoms with Crippen LogP contribution in [-0.4, -0.2) is 41.7 Å². The average Bonchev–Trinajstić information content (AvgIpc) is 3.33. The third-order valence-electron chi connectivity index (χ3n) is 6.62. The van der Waals surface area contributed by atoms with Gasteiger partial charge in [0.2, 0.25) is 15.9 Å². The molecule has 1 unspecified atom stereocenters. The number of aromatic amines is 1. The highest BCUT2D eigenvalue weighted by molar-refractivity contribution is 7.89. The predicted molar refractivity (Wildman–Crippen MR) is 136 cm³/mol. The molecule has 8 heteroatoms. The molecule has 1 aliphatic heterocycles. The third kappa shape index (κ3) is 4.85. The SMILES string of the molecule is CC(NC(=O)C1CCN(S(=O)(=O)c2ccc3nc(-c4ccccc4)[nH]c3c2)CC1)c1ccccc1. The molecule has 2 N–H and O–H groups in total. The zero-order chi connectivity index (χ0) is 24.4. The molecule has 0 saturated carbocycles. The fourth-order valence-corrected chi connectivity index (χ4v) is 6.04. The van der Waals surface area contributed by atoms with Gasteiger partial charge >= 0.3 is 0 Å². The minimum absolute atomic E-state index is 0.0225. The number of piperidine rings is 1. The molecule has 1 aliphatic rings. The number of hydrogen-bond acceptors (Lipinski definition) is 4. The van der Waals surface area contributed by atoms with Crippen molar-refractivity contribution >= 4 is 27.0 Å². The first-order valence-corrected chi connectivity index (χ1v) is 13.3. The van der Waals surface area contributed by atoms with E-state index in [1.807, 2.05) is 67.6 Å². The summed E-state index contributed by atoms with van der Waals surface area (Å²) in [7, 11) is -3.67. The topological polar surface area (TPSA) is 95.2 Å². The average molecular weight is 489 g/mol. The minimum Gasteiger partial charge on any atom is -0.349 e. The van der Waals surface area contributed by atoms with E-state index in [9.17, 15) is 13.2 Å². The van der Waals surface area contributed by atoms with Crippen LogP contribution in [0.15, 0.2) is 83.8 Å². The molecule has 1 amide bonds. The molecule has 7 nitrogen and oxygen atoms in total. The lowest BCUT2D eigenvalue weighted by molar-refractivity contribution is -0.126. The van der Waals surface area contributed by atoms with Crippen molar-refractivity contribution < 1.29 is 13.2 Å². The van der Waals surface area contributed by atoms with Crippen LogP contribution in [0.5, 0.6) is 0 Å². The van der Waals surface area contributed by atoms with E-state index in [0.29, 0.717) is 42.8 Å². The number of sulfonamides is 1. The second kappa shape index (κ2) is 9.64. The van der Waals surface area contributed by atoms with Gasteiger partial charge in [-0.15, -0.1) is 0 Å². The number of benzene rings is 3. The Bertz CT molecular complexity index is 1430. The largest absolute Gasteiger partial charge is 0.349 e. The normalized spacial score (nSPS) is 16.3. The number of imidazole rings is 1. The van der Waals surface area contributed by atoms with Gasteiger partial charge in [0.05, 0.1) is 22.0 Å². The maximum atomic E-state index is 13.3. The molecule has 1 aromatic heterocycles. The number of amides is 1. The summed E-state index contributed by atoms with van der Waals surface area (Å²) in [6.45, 7) is 2.59. The van der Waals surface area contributed by atoms with Gasteiger partial charge in [0.15, 0.2) is 0 Å². The van der Waals surface area contributed by atoms with Crippen molar-refractivity contribution in [1.29, 1.82) is 0 Å². The van der Waals surface area contributed by atoms with Crippen molar-refractivity contribution in [3.8, 4) is 11.4 Å². The third-order valence-corrected chi connectivity index (χ3v) is 8.52. The number of carbonyl (C=O) groups is 1. The number of rotatable bonds is 6. The lowest BCUT2D eigenvalue weighted by atomic mass is 9.96. The summed E-state index contributed by atoms with van der Waals surface area (Å²) >= 11 is 0. The van der Waals surface area contributed by atoms with E-state index < -0.39 is 10.0 Å². The van der Waals surface area contributed by atoms with Crippen molar-refractivity contribution in [2.24, 2.45) is 5.92 Å². The summed E-state index contributed by atoms with van der Waals surface area (Å²) in [5.74, 6) is 0.480. The Labute approximate surface area is 205 Å². The second-order valence-electron chi connectivity index (χ2n) is 8.95. The van der Waals surface area contributed by atoms with Gasteiger partial charge in [0.1, 0.15) is 5.82 Å². The fraction of sp³-hybridized carbons (Fsp3) is 0.259. The van der Waals surface area contributed by atoms with E-state index in [2.05, 4.69) is 15.3 Å². The number of nitrogens with one attached hydrogen (secondary N) is 2. The van der Waals surface area contributed by atoms with Gasteiger partial charge in [0.25, 0.3) is 0 Å². The Kier molecular flexibility index (Phi) is 6.40. The van der Waals surface area contributed by atoms with Crippen LogP contribution in [0, 0.1) is 5.92 Å². The molecule has 3 aromatic carbocycles. The number of fused-ring (bicyclic) bond motifs is 1. The highest BCUT2D eigenvalue weighted by atomic mass is 32.2. The molecule has 0 radical (unpaired) electrons. The summed E-state index contributed by atoms with van der Waals surface area (Å²) in [5.41, 5.74) is 3.38. The van der Waals surface area contributed by atoms with Crippen molar-refractivity contribution in [2.75, 3.05) is 13.1 Å². The Morgan fingerprint density at radius 3 is 2.34 bits per heavy atom. The maximum absolute atomic E-state index is 13.3. The van der Waals surface area contributed by atoms with Gasteiger partial charge in [-0.1, -0.05) is 60.7 Å². The van der Waals surface area contributed by atoms with Crippen LogP contribution in [0.4, 0.5) is 0 Å². The molecule has 1 atom stereocenters. The first-order valence-electron chi connectivity index (χ1n) is 11.8. The van der Waals surface area contributed by atoms with Gasteiger partial charge in [-0.2, -0.15) is 4.31 Å². The van der Waals surface area contributed by atoms with Gasteiger partial charge in [-0.3, -0.25) is 4.79 Å².